The lowest BCUT2D eigenvalue weighted by molar-refractivity contribution is -0.120. The van der Waals surface area contributed by atoms with Crippen molar-refractivity contribution in [3.63, 3.8) is 0 Å². The first-order chi connectivity index (χ1) is 9.15. The number of urea groups is 1. The van der Waals surface area contributed by atoms with Crippen molar-refractivity contribution in [1.82, 2.24) is 5.32 Å². The normalized spacial score (nSPS) is 18.6. The van der Waals surface area contributed by atoms with Gasteiger partial charge in [-0.3, -0.25) is 4.79 Å². The Morgan fingerprint density at radius 3 is 2.63 bits per heavy atom. The van der Waals surface area contributed by atoms with E-state index in [1.165, 1.54) is 0 Å². The number of nitrogens with two attached hydrogens (primary N) is 1. The fraction of sp³-hybridized carbons (Fsp3) is 0.385. The number of hydrogen-bond acceptors (Lipinski definition) is 3. The van der Waals surface area contributed by atoms with Gasteiger partial charge in [0, 0.05) is 17.9 Å². The summed E-state index contributed by atoms with van der Waals surface area (Å²) in [7, 11) is 0. The van der Waals surface area contributed by atoms with Crippen molar-refractivity contribution in [3.8, 4) is 0 Å². The largest absolute Gasteiger partial charge is 0.351 e. The average molecular weight is 262 g/mol. The first-order valence-corrected chi connectivity index (χ1v) is 6.33. The predicted octanol–water partition coefficient (Wildman–Crippen LogP) is 1.12. The summed E-state index contributed by atoms with van der Waals surface area (Å²) in [6, 6.07) is 6.29. The van der Waals surface area contributed by atoms with Crippen molar-refractivity contribution in [1.29, 1.82) is 0 Å². The second-order valence-corrected chi connectivity index (χ2v) is 4.60. The molecule has 0 aromatic heterocycles. The average Bonchev–Trinajstić information content (AvgIpc) is 2.39. The van der Waals surface area contributed by atoms with Crippen LogP contribution in [0.4, 0.5) is 16.2 Å². The van der Waals surface area contributed by atoms with Crippen LogP contribution in [0.15, 0.2) is 24.3 Å². The minimum atomic E-state index is -0.625. The molecule has 1 atom stereocenters. The van der Waals surface area contributed by atoms with Crippen LogP contribution >= 0.6 is 0 Å². The van der Waals surface area contributed by atoms with Crippen LogP contribution in [0.3, 0.4) is 0 Å². The Bertz CT molecular complexity index is 469. The molecular weight excluding hydrogens is 244 g/mol. The van der Waals surface area contributed by atoms with E-state index in [0.29, 0.717) is 17.9 Å². The van der Waals surface area contributed by atoms with Crippen LogP contribution in [0.1, 0.15) is 12.8 Å². The first kappa shape index (κ1) is 13.4. The van der Waals surface area contributed by atoms with E-state index >= 15 is 0 Å². The van der Waals surface area contributed by atoms with Gasteiger partial charge in [-0.2, -0.15) is 0 Å². The number of anilines is 2. The zero-order valence-corrected chi connectivity index (χ0v) is 10.6. The molecule has 1 aliphatic heterocycles. The lowest BCUT2D eigenvalue weighted by atomic mass is 9.99. The summed E-state index contributed by atoms with van der Waals surface area (Å²) in [4.78, 5) is 22.8. The quantitative estimate of drug-likeness (QED) is 0.657. The maximum atomic E-state index is 12.0. The number of hydrogen-bond donors (Lipinski definition) is 4. The van der Waals surface area contributed by atoms with Crippen molar-refractivity contribution in [2.24, 2.45) is 11.7 Å². The zero-order chi connectivity index (χ0) is 13.7. The van der Waals surface area contributed by atoms with Gasteiger partial charge in [-0.15, -0.1) is 0 Å². The van der Waals surface area contributed by atoms with Crippen LogP contribution in [0.2, 0.25) is 0 Å². The van der Waals surface area contributed by atoms with Crippen molar-refractivity contribution >= 4 is 23.3 Å². The Labute approximate surface area is 111 Å². The Hall–Kier alpha value is -2.08. The molecule has 5 N–H and O–H groups in total. The summed E-state index contributed by atoms with van der Waals surface area (Å²) in [5.74, 6) is 0.00457. The summed E-state index contributed by atoms with van der Waals surface area (Å²) in [6.45, 7) is 1.69. The van der Waals surface area contributed by atoms with E-state index in [4.69, 9.17) is 5.73 Å². The van der Waals surface area contributed by atoms with Gasteiger partial charge in [-0.05, 0) is 37.6 Å². The van der Waals surface area contributed by atoms with Crippen LogP contribution < -0.4 is 21.7 Å². The van der Waals surface area contributed by atoms with E-state index in [1.807, 2.05) is 0 Å². The number of benzene rings is 1. The van der Waals surface area contributed by atoms with Gasteiger partial charge in [0.1, 0.15) is 0 Å². The lowest BCUT2D eigenvalue weighted by Crippen LogP contribution is -2.37. The summed E-state index contributed by atoms with van der Waals surface area (Å²) in [6.07, 6.45) is 1.92. The molecule has 0 aliphatic carbocycles. The Morgan fingerprint density at radius 2 is 2.00 bits per heavy atom. The number of piperidine rings is 1. The van der Waals surface area contributed by atoms with Crippen LogP contribution in [0, 0.1) is 5.92 Å². The smallest absolute Gasteiger partial charge is 0.316 e. The molecule has 1 aliphatic rings. The zero-order valence-electron chi connectivity index (χ0n) is 10.6. The molecule has 0 saturated carbocycles. The second kappa shape index (κ2) is 6.19. The SMILES string of the molecule is NC(=O)Nc1cccc(NC(=O)[C@H]2CCCNC2)c1. The van der Waals surface area contributed by atoms with Gasteiger partial charge in [-0.25, -0.2) is 4.79 Å². The van der Waals surface area contributed by atoms with Crippen molar-refractivity contribution in [2.75, 3.05) is 23.7 Å². The molecule has 0 bridgehead atoms. The van der Waals surface area contributed by atoms with Crippen molar-refractivity contribution in [2.45, 2.75) is 12.8 Å². The summed E-state index contributed by atoms with van der Waals surface area (Å²) in [5.41, 5.74) is 6.26. The number of nitrogens with one attached hydrogen (secondary N) is 3. The molecule has 19 heavy (non-hydrogen) atoms. The summed E-state index contributed by atoms with van der Waals surface area (Å²) in [5, 5.41) is 8.53. The first-order valence-electron chi connectivity index (χ1n) is 6.33. The molecule has 1 heterocycles. The highest BCUT2D eigenvalue weighted by molar-refractivity contribution is 5.94. The Morgan fingerprint density at radius 1 is 1.26 bits per heavy atom. The number of carbonyl (C=O) groups is 2. The van der Waals surface area contributed by atoms with E-state index in [0.717, 1.165) is 19.4 Å². The highest BCUT2D eigenvalue weighted by Crippen LogP contribution is 2.17. The monoisotopic (exact) mass is 262 g/mol. The van der Waals surface area contributed by atoms with Gasteiger partial charge < -0.3 is 21.7 Å². The maximum absolute atomic E-state index is 12.0. The second-order valence-electron chi connectivity index (χ2n) is 4.60. The molecule has 1 saturated heterocycles. The van der Waals surface area contributed by atoms with E-state index in [2.05, 4.69) is 16.0 Å². The van der Waals surface area contributed by atoms with E-state index in [1.54, 1.807) is 24.3 Å². The van der Waals surface area contributed by atoms with Crippen LogP contribution in [0.25, 0.3) is 0 Å². The van der Waals surface area contributed by atoms with E-state index < -0.39 is 6.03 Å². The van der Waals surface area contributed by atoms with Crippen LogP contribution in [-0.4, -0.2) is 25.0 Å². The maximum Gasteiger partial charge on any atom is 0.316 e. The summed E-state index contributed by atoms with van der Waals surface area (Å²) >= 11 is 0. The van der Waals surface area contributed by atoms with Crippen molar-refractivity contribution in [3.05, 3.63) is 24.3 Å². The highest BCUT2D eigenvalue weighted by Gasteiger charge is 2.20. The number of carbonyl (C=O) groups excluding carboxylic acids is 2. The third-order valence-electron chi connectivity index (χ3n) is 3.07. The molecule has 6 nitrogen and oxygen atoms in total. The Balaban J connectivity index is 1.97. The molecule has 1 aromatic rings. The van der Waals surface area contributed by atoms with Gasteiger partial charge in [0.15, 0.2) is 0 Å². The van der Waals surface area contributed by atoms with Gasteiger partial charge >= 0.3 is 6.03 Å². The highest BCUT2D eigenvalue weighted by atomic mass is 16.2. The number of rotatable bonds is 3. The van der Waals surface area contributed by atoms with E-state index in [9.17, 15) is 9.59 Å². The summed E-state index contributed by atoms with van der Waals surface area (Å²) < 4.78 is 0. The molecule has 0 unspecified atom stereocenters. The molecule has 0 radical (unpaired) electrons. The Kier molecular flexibility index (Phi) is 4.35. The molecule has 1 aromatic carbocycles. The minimum Gasteiger partial charge on any atom is -0.351 e. The number of amides is 3. The molecular formula is C13H18N4O2. The van der Waals surface area contributed by atoms with Gasteiger partial charge in [0.2, 0.25) is 5.91 Å². The topological polar surface area (TPSA) is 96.2 Å². The van der Waals surface area contributed by atoms with Crippen LogP contribution in [-0.2, 0) is 4.79 Å². The third-order valence-corrected chi connectivity index (χ3v) is 3.07. The van der Waals surface area contributed by atoms with Gasteiger partial charge in [0.25, 0.3) is 0 Å². The molecule has 3 amide bonds. The molecule has 2 rings (SSSR count). The third kappa shape index (κ3) is 3.96. The predicted molar refractivity (Wildman–Crippen MR) is 73.9 cm³/mol. The van der Waals surface area contributed by atoms with Crippen molar-refractivity contribution < 1.29 is 9.59 Å². The molecule has 1 fully saturated rings. The number of primary amides is 1. The lowest BCUT2D eigenvalue weighted by Gasteiger charge is -2.22. The molecule has 0 spiro atoms. The molecule has 102 valence electrons. The fourth-order valence-corrected chi connectivity index (χ4v) is 2.14. The molecule has 6 heteroatoms. The minimum absolute atomic E-state index is 0.00139. The van der Waals surface area contributed by atoms with Gasteiger partial charge in [0.05, 0.1) is 5.92 Å². The standard InChI is InChI=1S/C13H18N4O2/c14-13(19)17-11-5-1-4-10(7-11)16-12(18)9-3-2-6-15-8-9/h1,4-5,7,9,15H,2-3,6,8H2,(H,16,18)(H3,14,17,19)/t9-/m0/s1. The fourth-order valence-electron chi connectivity index (χ4n) is 2.14. The van der Waals surface area contributed by atoms with E-state index in [-0.39, 0.29) is 11.8 Å². The van der Waals surface area contributed by atoms with Crippen LogP contribution in [0.5, 0.6) is 0 Å². The van der Waals surface area contributed by atoms with Gasteiger partial charge in [-0.1, -0.05) is 6.07 Å².